The van der Waals surface area contributed by atoms with Crippen molar-refractivity contribution in [2.45, 2.75) is 109 Å². The Morgan fingerprint density at radius 1 is 0.690 bits per heavy atom. The minimum absolute atomic E-state index is 0.368. The molecule has 0 aromatic heterocycles. The predicted octanol–water partition coefficient (Wildman–Crippen LogP) is 7.07. The lowest BCUT2D eigenvalue weighted by molar-refractivity contribution is -0.232. The molecule has 0 spiro atoms. The molecule has 8 saturated carbocycles. The van der Waals surface area contributed by atoms with Gasteiger partial charge in [-0.2, -0.15) is 0 Å². The van der Waals surface area contributed by atoms with Gasteiger partial charge in [-0.15, -0.1) is 0 Å². The Hall–Kier alpha value is -0.530. The first-order valence-corrected chi connectivity index (χ1v) is 13.3. The number of carbonyl (C=O) groups is 1. The first kappa shape index (κ1) is 19.2. The minimum atomic E-state index is -0.619. The third kappa shape index (κ3) is 3.05. The maximum absolute atomic E-state index is 10.8. The Kier molecular flexibility index (Phi) is 4.62. The molecule has 1 N–H and O–H groups in total. The number of hydrogen-bond acceptors (Lipinski definition) is 1. The van der Waals surface area contributed by atoms with Gasteiger partial charge < -0.3 is 5.11 Å². The van der Waals surface area contributed by atoms with E-state index in [1.165, 1.54) is 19.3 Å². The zero-order valence-corrected chi connectivity index (χ0v) is 18.4. The molecule has 2 nitrogen and oxygen atoms in total. The number of hydrogen-bond donors (Lipinski definition) is 1. The van der Waals surface area contributed by atoms with Crippen LogP contribution in [0.1, 0.15) is 109 Å². The van der Waals surface area contributed by atoms with Crippen LogP contribution in [0.25, 0.3) is 0 Å². The number of carboxylic acid groups (broad SMARTS) is 1. The molecule has 8 rings (SSSR count). The van der Waals surface area contributed by atoms with Crippen LogP contribution in [-0.2, 0) is 4.79 Å². The number of rotatable bonds is 8. The molecule has 0 saturated heterocycles. The van der Waals surface area contributed by atoms with E-state index in [0.717, 1.165) is 65.1 Å². The van der Waals surface area contributed by atoms with Crippen LogP contribution in [0.5, 0.6) is 0 Å². The zero-order chi connectivity index (χ0) is 19.6. The van der Waals surface area contributed by atoms with E-state index in [2.05, 4.69) is 0 Å². The van der Waals surface area contributed by atoms with E-state index in [1.807, 2.05) is 0 Å². The fourth-order valence-corrected chi connectivity index (χ4v) is 11.2. The first-order valence-electron chi connectivity index (χ1n) is 13.3. The summed E-state index contributed by atoms with van der Waals surface area (Å²) in [4.78, 5) is 10.8. The van der Waals surface area contributed by atoms with Gasteiger partial charge in [0.05, 0.1) is 0 Å². The summed E-state index contributed by atoms with van der Waals surface area (Å²) in [5.41, 5.74) is 1.46. The van der Waals surface area contributed by atoms with Crippen molar-refractivity contribution in [1.82, 2.24) is 0 Å². The monoisotopic (exact) mass is 398 g/mol. The highest BCUT2D eigenvalue weighted by atomic mass is 16.4. The molecule has 8 fully saturated rings. The fraction of sp³-hybridized carbons (Fsp3) is 0.963. The molecule has 0 amide bonds. The Morgan fingerprint density at radius 3 is 1.76 bits per heavy atom. The van der Waals surface area contributed by atoms with Gasteiger partial charge in [-0.3, -0.25) is 4.79 Å². The molecule has 0 aromatic carbocycles. The van der Waals surface area contributed by atoms with Gasteiger partial charge in [0.25, 0.3) is 0 Å². The average Bonchev–Trinajstić information content (AvgIpc) is 2.64. The highest BCUT2D eigenvalue weighted by molar-refractivity contribution is 5.66. The molecule has 0 aliphatic heterocycles. The second kappa shape index (κ2) is 6.99. The van der Waals surface area contributed by atoms with Crippen LogP contribution in [0.4, 0.5) is 0 Å². The van der Waals surface area contributed by atoms with Crippen molar-refractivity contribution in [1.29, 1.82) is 0 Å². The smallest absolute Gasteiger partial charge is 0.303 e. The Labute approximate surface area is 177 Å². The van der Waals surface area contributed by atoms with Crippen molar-refractivity contribution < 1.29 is 9.90 Å². The molecule has 29 heavy (non-hydrogen) atoms. The van der Waals surface area contributed by atoms with Crippen molar-refractivity contribution in [2.24, 2.45) is 52.3 Å². The van der Waals surface area contributed by atoms with Gasteiger partial charge in [0, 0.05) is 6.42 Å². The minimum Gasteiger partial charge on any atom is -0.481 e. The molecule has 2 heteroatoms. The number of carboxylic acids is 1. The lowest BCUT2D eigenvalue weighted by Gasteiger charge is -2.73. The molecular weight excluding hydrogens is 356 g/mol. The summed E-state index contributed by atoms with van der Waals surface area (Å²) in [6.07, 6.45) is 24.0. The second-order valence-electron chi connectivity index (χ2n) is 12.9. The van der Waals surface area contributed by atoms with E-state index in [1.54, 1.807) is 70.6 Å². The first-order chi connectivity index (χ1) is 14.1. The Bertz CT molecular complexity index is 602. The molecule has 0 heterocycles. The summed E-state index contributed by atoms with van der Waals surface area (Å²) in [6, 6.07) is 0. The number of aliphatic carboxylic acids is 1. The van der Waals surface area contributed by atoms with Crippen LogP contribution < -0.4 is 0 Å². The third-order valence-corrected chi connectivity index (χ3v) is 11.3. The topological polar surface area (TPSA) is 37.3 Å². The lowest BCUT2D eigenvalue weighted by atomic mass is 9.32. The maximum atomic E-state index is 10.8. The van der Waals surface area contributed by atoms with E-state index in [9.17, 15) is 4.79 Å². The highest BCUT2D eigenvalue weighted by Crippen LogP contribution is 2.76. The summed E-state index contributed by atoms with van der Waals surface area (Å²) in [6.45, 7) is 0. The summed E-state index contributed by atoms with van der Waals surface area (Å²) in [5.74, 6) is 6.87. The molecule has 8 aliphatic rings. The molecular formula is C27H42O2. The van der Waals surface area contributed by atoms with Gasteiger partial charge in [-0.25, -0.2) is 0 Å². The number of unbranched alkanes of at least 4 members (excludes halogenated alkanes) is 3. The molecule has 8 bridgehead atoms. The largest absolute Gasteiger partial charge is 0.481 e. The van der Waals surface area contributed by atoms with Crippen LogP contribution >= 0.6 is 0 Å². The zero-order valence-electron chi connectivity index (χ0n) is 18.4. The van der Waals surface area contributed by atoms with Gasteiger partial charge in [-0.1, -0.05) is 19.3 Å². The van der Waals surface area contributed by atoms with E-state index < -0.39 is 5.97 Å². The van der Waals surface area contributed by atoms with E-state index in [-0.39, 0.29) is 0 Å². The normalized spacial score (nSPS) is 51.7. The van der Waals surface area contributed by atoms with Crippen molar-refractivity contribution in [3.05, 3.63) is 0 Å². The molecule has 8 aliphatic carbocycles. The van der Waals surface area contributed by atoms with Crippen LogP contribution in [-0.4, -0.2) is 11.1 Å². The molecule has 3 atom stereocenters. The van der Waals surface area contributed by atoms with Crippen LogP contribution in [0.15, 0.2) is 0 Å². The highest BCUT2D eigenvalue weighted by Gasteiger charge is 2.67. The maximum Gasteiger partial charge on any atom is 0.303 e. The summed E-state index contributed by atoms with van der Waals surface area (Å²) in [5, 5.41) is 8.90. The Balaban J connectivity index is 1.21. The quantitative estimate of drug-likeness (QED) is 0.444. The molecule has 0 radical (unpaired) electrons. The van der Waals surface area contributed by atoms with Gasteiger partial charge in [0.2, 0.25) is 0 Å². The van der Waals surface area contributed by atoms with Crippen LogP contribution in [0, 0.1) is 52.3 Å². The van der Waals surface area contributed by atoms with Crippen molar-refractivity contribution >= 4 is 5.97 Å². The van der Waals surface area contributed by atoms with Gasteiger partial charge in [0.15, 0.2) is 0 Å². The summed E-state index contributed by atoms with van der Waals surface area (Å²) >= 11 is 0. The SMILES string of the molecule is O=C(O)CCCCCCC1C2CC3CC(C2)CC1(C12CC4CC(CC(C4)C1)C2)C3. The van der Waals surface area contributed by atoms with Crippen LogP contribution in [0.3, 0.4) is 0 Å². The van der Waals surface area contributed by atoms with E-state index in [4.69, 9.17) is 5.11 Å². The molecule has 0 aromatic rings. The van der Waals surface area contributed by atoms with Crippen molar-refractivity contribution in [3.8, 4) is 0 Å². The van der Waals surface area contributed by atoms with Crippen molar-refractivity contribution in [3.63, 3.8) is 0 Å². The van der Waals surface area contributed by atoms with E-state index >= 15 is 0 Å². The third-order valence-electron chi connectivity index (χ3n) is 11.3. The fourth-order valence-electron chi connectivity index (χ4n) is 11.2. The predicted molar refractivity (Wildman–Crippen MR) is 115 cm³/mol. The second-order valence-corrected chi connectivity index (χ2v) is 12.9. The lowest BCUT2D eigenvalue weighted by Crippen LogP contribution is -2.64. The van der Waals surface area contributed by atoms with Crippen LogP contribution in [0.2, 0.25) is 0 Å². The Morgan fingerprint density at radius 2 is 1.21 bits per heavy atom. The van der Waals surface area contributed by atoms with Crippen molar-refractivity contribution in [2.75, 3.05) is 0 Å². The van der Waals surface area contributed by atoms with Gasteiger partial charge in [0.1, 0.15) is 0 Å². The van der Waals surface area contributed by atoms with Gasteiger partial charge in [-0.05, 0) is 136 Å². The standard InChI is InChI=1S/C27H42O2/c28-25(29)6-4-2-1-3-5-24-23-11-21-10-22(12-23)17-27(24,16-21)26-13-18-7-19(14-26)9-20(8-18)15-26/h18-24H,1-17H2,(H,28,29). The molecule has 162 valence electrons. The van der Waals surface area contributed by atoms with E-state index in [0.29, 0.717) is 6.42 Å². The summed E-state index contributed by atoms with van der Waals surface area (Å²) < 4.78 is 0. The summed E-state index contributed by atoms with van der Waals surface area (Å²) in [7, 11) is 0. The average molecular weight is 399 g/mol. The molecule has 3 unspecified atom stereocenters. The van der Waals surface area contributed by atoms with Gasteiger partial charge >= 0.3 is 5.97 Å².